The van der Waals surface area contributed by atoms with Crippen molar-refractivity contribution in [3.63, 3.8) is 0 Å². The van der Waals surface area contributed by atoms with Gasteiger partial charge in [0.1, 0.15) is 0 Å². The SMILES string of the molecule is C=CCl.[Co]. The van der Waals surface area contributed by atoms with Gasteiger partial charge in [0.15, 0.2) is 0 Å². The number of halogens is 1. The quantitative estimate of drug-likeness (QED) is 0.454. The van der Waals surface area contributed by atoms with Gasteiger partial charge in [-0.2, -0.15) is 0 Å². The molecule has 0 spiro atoms. The summed E-state index contributed by atoms with van der Waals surface area (Å²) in [6.45, 7) is 3.13. The van der Waals surface area contributed by atoms with E-state index < -0.39 is 0 Å². The van der Waals surface area contributed by atoms with E-state index in [9.17, 15) is 0 Å². The second kappa shape index (κ2) is 9.64. The van der Waals surface area contributed by atoms with Gasteiger partial charge in [-0.1, -0.05) is 18.2 Å². The fourth-order valence-electron chi connectivity index (χ4n) is 0. The van der Waals surface area contributed by atoms with Crippen LogP contribution in [0.15, 0.2) is 12.1 Å². The summed E-state index contributed by atoms with van der Waals surface area (Å²) in [5, 5.41) is 0. The molecule has 0 aromatic heterocycles. The van der Waals surface area contributed by atoms with Crippen LogP contribution in [0.4, 0.5) is 0 Å². The molecule has 0 amide bonds. The van der Waals surface area contributed by atoms with E-state index in [1.165, 1.54) is 5.54 Å². The van der Waals surface area contributed by atoms with Crippen molar-refractivity contribution in [2.45, 2.75) is 0 Å². The van der Waals surface area contributed by atoms with E-state index in [2.05, 4.69) is 6.58 Å². The van der Waals surface area contributed by atoms with E-state index in [1.54, 1.807) is 0 Å². The van der Waals surface area contributed by atoms with Crippen molar-refractivity contribution in [1.82, 2.24) is 0 Å². The molecule has 0 aliphatic heterocycles. The molecule has 0 nitrogen and oxygen atoms in total. The Kier molecular flexibility index (Phi) is 21.2. The van der Waals surface area contributed by atoms with Crippen molar-refractivity contribution in [1.29, 1.82) is 0 Å². The molecule has 0 saturated carbocycles. The molecule has 0 bridgehead atoms. The predicted molar refractivity (Wildman–Crippen MR) is 16.1 cm³/mol. The smallest absolute Gasteiger partial charge is 0 e. The Balaban J connectivity index is 0. The first-order valence-corrected chi connectivity index (χ1v) is 1.06. The average Bonchev–Trinajstić information content (AvgIpc) is 0.918. The van der Waals surface area contributed by atoms with Crippen LogP contribution in [0.5, 0.6) is 0 Å². The number of hydrogen-bond donors (Lipinski definition) is 0. The van der Waals surface area contributed by atoms with Gasteiger partial charge >= 0.3 is 0 Å². The van der Waals surface area contributed by atoms with E-state index in [1.807, 2.05) is 0 Å². The van der Waals surface area contributed by atoms with Gasteiger partial charge in [0.2, 0.25) is 0 Å². The topological polar surface area (TPSA) is 0 Å². The van der Waals surface area contributed by atoms with Crippen LogP contribution in [-0.4, -0.2) is 0 Å². The monoisotopic (exact) mass is 121 g/mol. The number of hydrogen-bond acceptors (Lipinski definition) is 0. The number of rotatable bonds is 0. The van der Waals surface area contributed by atoms with Crippen molar-refractivity contribution >= 4 is 11.6 Å². The van der Waals surface area contributed by atoms with Crippen LogP contribution in [0.25, 0.3) is 0 Å². The maximum Gasteiger partial charge on any atom is 0 e. The predicted octanol–water partition coefficient (Wildman–Crippen LogP) is 1.37. The van der Waals surface area contributed by atoms with Crippen molar-refractivity contribution in [3.8, 4) is 0 Å². The van der Waals surface area contributed by atoms with Gasteiger partial charge in [-0.3, -0.25) is 0 Å². The molecule has 0 unspecified atom stereocenters. The van der Waals surface area contributed by atoms with E-state index in [-0.39, 0.29) is 16.8 Å². The summed E-state index contributed by atoms with van der Waals surface area (Å²) in [5.41, 5.74) is 1.22. The van der Waals surface area contributed by atoms with Gasteiger partial charge < -0.3 is 0 Å². The molecule has 0 rings (SSSR count). The van der Waals surface area contributed by atoms with Crippen molar-refractivity contribution in [2.24, 2.45) is 0 Å². The van der Waals surface area contributed by atoms with Crippen LogP contribution in [0.2, 0.25) is 0 Å². The zero-order valence-corrected chi connectivity index (χ0v) is 3.79. The molecule has 0 saturated heterocycles. The third kappa shape index (κ3) is 20.8. The van der Waals surface area contributed by atoms with Gasteiger partial charge in [-0.05, 0) is 5.54 Å². The molecule has 0 atom stereocenters. The Morgan fingerprint density at radius 3 is 1.75 bits per heavy atom. The fraction of sp³-hybridized carbons (Fsp3) is 0. The summed E-state index contributed by atoms with van der Waals surface area (Å²) in [7, 11) is 0. The van der Waals surface area contributed by atoms with Gasteiger partial charge in [0.05, 0.1) is 0 Å². The zero-order chi connectivity index (χ0) is 2.71. The Bertz CT molecular complexity index is 13.5. The molecule has 2 heteroatoms. The third-order valence-corrected chi connectivity index (χ3v) is 0. The second-order valence-electron chi connectivity index (χ2n) is 0.154. The van der Waals surface area contributed by atoms with Crippen LogP contribution in [-0.2, 0) is 16.8 Å². The molecule has 0 aliphatic carbocycles. The first-order chi connectivity index (χ1) is 1.41. The van der Waals surface area contributed by atoms with Gasteiger partial charge in [-0.15, -0.1) is 0 Å². The Morgan fingerprint density at radius 1 is 1.75 bits per heavy atom. The van der Waals surface area contributed by atoms with Crippen LogP contribution >= 0.6 is 11.6 Å². The standard InChI is InChI=1S/C2H3Cl.Co/c1-2-3;/h2H,1H2;. The minimum atomic E-state index is 0. The molecule has 0 fully saturated rings. The fourth-order valence-corrected chi connectivity index (χ4v) is 0. The molecule has 0 aliphatic rings. The largest absolute Gasteiger partial charge is 0.0936 e. The molecule has 0 heterocycles. The summed E-state index contributed by atoms with van der Waals surface area (Å²) in [5.74, 6) is 0. The molecular formula is C2H3ClCo. The molecule has 27 valence electrons. The Labute approximate surface area is 41.0 Å². The van der Waals surface area contributed by atoms with Crippen molar-refractivity contribution < 1.29 is 16.8 Å². The normalized spacial score (nSPS) is 3.25. The molecule has 4 heavy (non-hydrogen) atoms. The molecule has 0 aromatic carbocycles. The third-order valence-electron chi connectivity index (χ3n) is 0. The van der Waals surface area contributed by atoms with E-state index in [0.29, 0.717) is 0 Å². The first kappa shape index (κ1) is 8.82. The molecule has 1 radical (unpaired) electrons. The van der Waals surface area contributed by atoms with E-state index in [0.717, 1.165) is 0 Å². The summed E-state index contributed by atoms with van der Waals surface area (Å²) < 4.78 is 0. The van der Waals surface area contributed by atoms with Gasteiger partial charge in [0.25, 0.3) is 0 Å². The van der Waals surface area contributed by atoms with E-state index >= 15 is 0 Å². The molecular weight excluding hydrogens is 118 g/mol. The maximum absolute atomic E-state index is 4.76. The first-order valence-electron chi connectivity index (χ1n) is 0.626. The van der Waals surface area contributed by atoms with Gasteiger partial charge in [0, 0.05) is 16.8 Å². The minimum Gasteiger partial charge on any atom is -0.0936 e. The van der Waals surface area contributed by atoms with E-state index in [4.69, 9.17) is 11.6 Å². The summed E-state index contributed by atoms with van der Waals surface area (Å²) >= 11 is 4.76. The molecule has 0 aromatic rings. The maximum atomic E-state index is 4.76. The van der Waals surface area contributed by atoms with Crippen LogP contribution in [0, 0.1) is 0 Å². The Morgan fingerprint density at radius 2 is 1.75 bits per heavy atom. The zero-order valence-electron chi connectivity index (χ0n) is 2.00. The van der Waals surface area contributed by atoms with Crippen LogP contribution in [0.1, 0.15) is 0 Å². The van der Waals surface area contributed by atoms with Crippen molar-refractivity contribution in [3.05, 3.63) is 12.1 Å². The minimum absolute atomic E-state index is 0. The molecule has 0 N–H and O–H groups in total. The average molecular weight is 121 g/mol. The Hall–Kier alpha value is 0.536. The van der Waals surface area contributed by atoms with Gasteiger partial charge in [-0.25, -0.2) is 0 Å². The van der Waals surface area contributed by atoms with Crippen molar-refractivity contribution in [2.75, 3.05) is 0 Å². The summed E-state index contributed by atoms with van der Waals surface area (Å²) in [6.07, 6.45) is 0. The summed E-state index contributed by atoms with van der Waals surface area (Å²) in [6, 6.07) is 0. The van der Waals surface area contributed by atoms with Crippen LogP contribution in [0.3, 0.4) is 0 Å². The van der Waals surface area contributed by atoms with Crippen LogP contribution < -0.4 is 0 Å². The second-order valence-corrected chi connectivity index (χ2v) is 0.463. The summed E-state index contributed by atoms with van der Waals surface area (Å²) in [4.78, 5) is 0.